The highest BCUT2D eigenvalue weighted by Gasteiger charge is 2.43. The number of urea groups is 1. The second-order valence-corrected chi connectivity index (χ2v) is 6.56. The smallest absolute Gasteiger partial charge is 0.329 e. The number of carbonyl (C=O) groups is 2. The topological polar surface area (TPSA) is 69.6 Å². The molecule has 0 saturated heterocycles. The molecule has 2 aliphatic rings. The van der Waals surface area contributed by atoms with Crippen molar-refractivity contribution in [3.63, 3.8) is 0 Å². The van der Waals surface area contributed by atoms with Crippen LogP contribution >= 0.6 is 0 Å². The number of nitrogens with zero attached hydrogens (tertiary/aromatic N) is 1. The summed E-state index contributed by atoms with van der Waals surface area (Å²) in [6.45, 7) is 2.22. The average Bonchev–Trinajstić information content (AvgIpc) is 2.87. The van der Waals surface area contributed by atoms with Gasteiger partial charge in [-0.15, -0.1) is 0 Å². The van der Waals surface area contributed by atoms with Gasteiger partial charge in [-0.1, -0.05) is 32.6 Å². The molecule has 0 heterocycles. The third-order valence-corrected chi connectivity index (χ3v) is 4.99. The first kappa shape index (κ1) is 15.1. The van der Waals surface area contributed by atoms with E-state index in [2.05, 4.69) is 12.2 Å². The molecule has 0 radical (unpaired) electrons. The standard InChI is InChI=1S/C15H26N2O3/c1-11-6-5-7-12(10-11)17(2)14(20)16-15(13(18)19)8-3-4-9-15/h11-12H,3-10H2,1-2H3,(H,16,20)(H,18,19). The van der Waals surface area contributed by atoms with Crippen molar-refractivity contribution in [2.45, 2.75) is 69.9 Å². The van der Waals surface area contributed by atoms with Crippen LogP contribution in [0, 0.1) is 5.92 Å². The quantitative estimate of drug-likeness (QED) is 0.836. The minimum Gasteiger partial charge on any atom is -0.480 e. The van der Waals surface area contributed by atoms with Crippen LogP contribution in [0.3, 0.4) is 0 Å². The van der Waals surface area contributed by atoms with E-state index in [0.717, 1.165) is 32.1 Å². The van der Waals surface area contributed by atoms with Gasteiger partial charge in [0.1, 0.15) is 5.54 Å². The van der Waals surface area contributed by atoms with Crippen LogP contribution in [0.5, 0.6) is 0 Å². The summed E-state index contributed by atoms with van der Waals surface area (Å²) in [4.78, 5) is 25.6. The van der Waals surface area contributed by atoms with Crippen molar-refractivity contribution in [3.05, 3.63) is 0 Å². The number of hydrogen-bond donors (Lipinski definition) is 2. The number of rotatable bonds is 3. The van der Waals surface area contributed by atoms with Gasteiger partial charge in [0, 0.05) is 13.1 Å². The highest BCUT2D eigenvalue weighted by atomic mass is 16.4. The number of hydrogen-bond acceptors (Lipinski definition) is 2. The Labute approximate surface area is 120 Å². The Morgan fingerprint density at radius 1 is 1.20 bits per heavy atom. The zero-order valence-electron chi connectivity index (χ0n) is 12.5. The van der Waals surface area contributed by atoms with Gasteiger partial charge >= 0.3 is 12.0 Å². The molecule has 2 fully saturated rings. The summed E-state index contributed by atoms with van der Waals surface area (Å²) in [5.41, 5.74) is -1.04. The number of carboxylic acids is 1. The van der Waals surface area contributed by atoms with Crippen LogP contribution in [0.25, 0.3) is 0 Å². The van der Waals surface area contributed by atoms with Gasteiger partial charge in [0.25, 0.3) is 0 Å². The molecule has 20 heavy (non-hydrogen) atoms. The molecular formula is C15H26N2O3. The third-order valence-electron chi connectivity index (χ3n) is 4.99. The van der Waals surface area contributed by atoms with Crippen molar-refractivity contribution in [1.29, 1.82) is 0 Å². The minimum absolute atomic E-state index is 0.228. The lowest BCUT2D eigenvalue weighted by molar-refractivity contribution is -0.144. The average molecular weight is 282 g/mol. The summed E-state index contributed by atoms with van der Waals surface area (Å²) in [5, 5.41) is 12.2. The fourth-order valence-corrected chi connectivity index (χ4v) is 3.58. The maximum atomic E-state index is 12.4. The van der Waals surface area contributed by atoms with Crippen LogP contribution in [0.2, 0.25) is 0 Å². The Kier molecular flexibility index (Phi) is 4.55. The Morgan fingerprint density at radius 3 is 2.40 bits per heavy atom. The number of amides is 2. The van der Waals surface area contributed by atoms with Crippen molar-refractivity contribution >= 4 is 12.0 Å². The molecule has 2 saturated carbocycles. The molecule has 0 aromatic carbocycles. The maximum Gasteiger partial charge on any atom is 0.329 e. The fourth-order valence-electron chi connectivity index (χ4n) is 3.58. The van der Waals surface area contributed by atoms with E-state index in [4.69, 9.17) is 0 Å². The van der Waals surface area contributed by atoms with Crippen molar-refractivity contribution < 1.29 is 14.7 Å². The summed E-state index contributed by atoms with van der Waals surface area (Å²) in [7, 11) is 1.79. The first-order valence-corrected chi connectivity index (χ1v) is 7.73. The van der Waals surface area contributed by atoms with Crippen LogP contribution < -0.4 is 5.32 Å². The molecule has 0 aromatic heterocycles. The second-order valence-electron chi connectivity index (χ2n) is 6.56. The van der Waals surface area contributed by atoms with Crippen molar-refractivity contribution in [3.8, 4) is 0 Å². The van der Waals surface area contributed by atoms with Crippen LogP contribution in [0.4, 0.5) is 4.79 Å². The molecule has 114 valence electrons. The summed E-state index contributed by atoms with van der Waals surface area (Å²) >= 11 is 0. The third kappa shape index (κ3) is 3.07. The largest absolute Gasteiger partial charge is 0.480 e. The lowest BCUT2D eigenvalue weighted by Gasteiger charge is -2.36. The van der Waals surface area contributed by atoms with Crippen molar-refractivity contribution in [2.24, 2.45) is 5.92 Å². The van der Waals surface area contributed by atoms with E-state index in [0.29, 0.717) is 18.8 Å². The maximum absolute atomic E-state index is 12.4. The molecular weight excluding hydrogens is 256 g/mol. The molecule has 0 aromatic rings. The van der Waals surface area contributed by atoms with Gasteiger partial charge in [-0.3, -0.25) is 0 Å². The van der Waals surface area contributed by atoms with E-state index >= 15 is 0 Å². The molecule has 5 heteroatoms. The zero-order chi connectivity index (χ0) is 14.8. The van der Waals surface area contributed by atoms with Crippen LogP contribution in [-0.4, -0.2) is 40.6 Å². The summed E-state index contributed by atoms with van der Waals surface area (Å²) in [5.74, 6) is -0.252. The Hall–Kier alpha value is -1.26. The van der Waals surface area contributed by atoms with Gasteiger partial charge < -0.3 is 15.3 Å². The first-order valence-electron chi connectivity index (χ1n) is 7.73. The van der Waals surface area contributed by atoms with Gasteiger partial charge in [-0.2, -0.15) is 0 Å². The van der Waals surface area contributed by atoms with Crippen LogP contribution in [0.15, 0.2) is 0 Å². The van der Waals surface area contributed by atoms with Crippen LogP contribution in [0.1, 0.15) is 58.3 Å². The van der Waals surface area contributed by atoms with E-state index in [1.54, 1.807) is 11.9 Å². The Bertz CT molecular complexity index is 377. The lowest BCUT2D eigenvalue weighted by Crippen LogP contribution is -2.57. The fraction of sp³-hybridized carbons (Fsp3) is 0.867. The van der Waals surface area contributed by atoms with Gasteiger partial charge in [0.15, 0.2) is 0 Å². The predicted octanol–water partition coefficient (Wildman–Crippen LogP) is 2.60. The minimum atomic E-state index is -1.04. The van der Waals surface area contributed by atoms with E-state index in [1.165, 1.54) is 6.42 Å². The first-order chi connectivity index (χ1) is 9.44. The second kappa shape index (κ2) is 6.02. The highest BCUT2D eigenvalue weighted by molar-refractivity contribution is 5.86. The van der Waals surface area contributed by atoms with E-state index in [1.807, 2.05) is 0 Å². The SMILES string of the molecule is CC1CCCC(N(C)C(=O)NC2(C(=O)O)CCCC2)C1. The molecule has 2 atom stereocenters. The van der Waals surface area contributed by atoms with Gasteiger partial charge in [0.2, 0.25) is 0 Å². The van der Waals surface area contributed by atoms with Crippen molar-refractivity contribution in [2.75, 3.05) is 7.05 Å². The molecule has 2 rings (SSSR count). The zero-order valence-corrected chi connectivity index (χ0v) is 12.5. The summed E-state index contributed by atoms with van der Waals surface area (Å²) < 4.78 is 0. The molecule has 2 N–H and O–H groups in total. The number of carbonyl (C=O) groups excluding carboxylic acids is 1. The Morgan fingerprint density at radius 2 is 1.85 bits per heavy atom. The van der Waals surface area contributed by atoms with Crippen LogP contribution in [-0.2, 0) is 4.79 Å². The van der Waals surface area contributed by atoms with Crippen molar-refractivity contribution in [1.82, 2.24) is 10.2 Å². The molecule has 5 nitrogen and oxygen atoms in total. The predicted molar refractivity (Wildman–Crippen MR) is 76.5 cm³/mol. The molecule has 0 bridgehead atoms. The molecule has 2 amide bonds. The molecule has 0 spiro atoms. The summed E-state index contributed by atoms with van der Waals surface area (Å²) in [6.07, 6.45) is 7.25. The van der Waals surface area contributed by atoms with Gasteiger partial charge in [-0.05, 0) is 31.6 Å². The number of carboxylic acid groups (broad SMARTS) is 1. The molecule has 2 aliphatic carbocycles. The molecule has 2 unspecified atom stereocenters. The summed E-state index contributed by atoms with van der Waals surface area (Å²) in [6, 6.07) is 0.0133. The van der Waals surface area contributed by atoms with E-state index < -0.39 is 11.5 Å². The van der Waals surface area contributed by atoms with E-state index in [9.17, 15) is 14.7 Å². The normalized spacial score (nSPS) is 28.9. The van der Waals surface area contributed by atoms with Gasteiger partial charge in [-0.25, -0.2) is 9.59 Å². The number of aliphatic carboxylic acids is 1. The highest BCUT2D eigenvalue weighted by Crippen LogP contribution is 2.31. The van der Waals surface area contributed by atoms with Gasteiger partial charge in [0.05, 0.1) is 0 Å². The lowest BCUT2D eigenvalue weighted by atomic mass is 9.86. The van der Waals surface area contributed by atoms with E-state index in [-0.39, 0.29) is 12.1 Å². The number of nitrogens with one attached hydrogen (secondary N) is 1. The molecule has 0 aliphatic heterocycles. The Balaban J connectivity index is 1.98. The monoisotopic (exact) mass is 282 g/mol.